The zero-order valence-electron chi connectivity index (χ0n) is 17.2. The van der Waals surface area contributed by atoms with E-state index in [-0.39, 0.29) is 12.1 Å². The Bertz CT molecular complexity index is 1280. The molecule has 32 heavy (non-hydrogen) atoms. The van der Waals surface area contributed by atoms with Crippen LogP contribution in [0.2, 0.25) is 10.0 Å². The average Bonchev–Trinajstić information content (AvgIpc) is 3.44. The minimum absolute atomic E-state index is 0.223. The number of fused-ring (bicyclic) bond motifs is 1. The molecule has 162 valence electrons. The topological polar surface area (TPSA) is 71.3 Å². The highest BCUT2D eigenvalue weighted by molar-refractivity contribution is 6.33. The van der Waals surface area contributed by atoms with Crippen LogP contribution in [0.1, 0.15) is 25.7 Å². The summed E-state index contributed by atoms with van der Waals surface area (Å²) in [5.74, 6) is 0. The molecule has 0 atom stereocenters. The largest absolute Gasteiger partial charge is 0.335 e. The summed E-state index contributed by atoms with van der Waals surface area (Å²) < 4.78 is 1.73. The van der Waals surface area contributed by atoms with Crippen molar-refractivity contribution in [1.29, 1.82) is 0 Å². The first kappa shape index (κ1) is 20.8. The van der Waals surface area contributed by atoms with E-state index >= 15 is 0 Å². The van der Waals surface area contributed by atoms with Crippen LogP contribution in [0.4, 0.5) is 10.5 Å². The number of amides is 2. The number of hydrogen-bond acceptors (Lipinski definition) is 3. The summed E-state index contributed by atoms with van der Waals surface area (Å²) in [5, 5.41) is 11.8. The van der Waals surface area contributed by atoms with E-state index in [1.165, 1.54) is 0 Å². The van der Waals surface area contributed by atoms with Gasteiger partial charge in [-0.05, 0) is 31.0 Å². The fourth-order valence-electron chi connectivity index (χ4n) is 4.20. The van der Waals surface area contributed by atoms with Crippen molar-refractivity contribution in [3.05, 3.63) is 71.0 Å². The van der Waals surface area contributed by atoms with Crippen LogP contribution in [0.3, 0.4) is 0 Å². The Labute approximate surface area is 195 Å². The number of aromatic nitrogens is 3. The second-order valence-electron chi connectivity index (χ2n) is 7.88. The molecule has 0 unspecified atom stereocenters. The molecule has 1 aliphatic carbocycles. The zero-order valence-corrected chi connectivity index (χ0v) is 18.7. The molecule has 2 amide bonds. The minimum atomic E-state index is -0.239. The summed E-state index contributed by atoms with van der Waals surface area (Å²) >= 11 is 12.6. The van der Waals surface area contributed by atoms with E-state index in [9.17, 15) is 4.79 Å². The van der Waals surface area contributed by atoms with Crippen LogP contribution < -0.4 is 10.6 Å². The zero-order chi connectivity index (χ0) is 22.1. The lowest BCUT2D eigenvalue weighted by molar-refractivity contribution is 0.248. The molecule has 2 heterocycles. The summed E-state index contributed by atoms with van der Waals surface area (Å²) in [6, 6.07) is 15.1. The number of carbonyl (C=O) groups excluding carboxylic acids is 1. The molecule has 8 heteroatoms. The molecule has 2 aromatic heterocycles. The predicted molar refractivity (Wildman–Crippen MR) is 128 cm³/mol. The molecule has 0 bridgehead atoms. The molecule has 0 saturated heterocycles. The van der Waals surface area contributed by atoms with Gasteiger partial charge in [-0.1, -0.05) is 66.4 Å². The Morgan fingerprint density at radius 1 is 0.969 bits per heavy atom. The van der Waals surface area contributed by atoms with Gasteiger partial charge in [-0.15, -0.1) is 0 Å². The lowest BCUT2D eigenvalue weighted by Gasteiger charge is -2.14. The number of urea groups is 1. The van der Waals surface area contributed by atoms with Gasteiger partial charge in [0.1, 0.15) is 5.69 Å². The number of anilines is 1. The van der Waals surface area contributed by atoms with Gasteiger partial charge in [0.25, 0.3) is 0 Å². The third-order valence-corrected chi connectivity index (χ3v) is 6.33. The van der Waals surface area contributed by atoms with E-state index in [2.05, 4.69) is 20.7 Å². The third kappa shape index (κ3) is 4.04. The highest BCUT2D eigenvalue weighted by atomic mass is 35.5. The fraction of sp³-hybridized carbons (Fsp3) is 0.208. The molecule has 1 saturated carbocycles. The van der Waals surface area contributed by atoms with Crippen molar-refractivity contribution in [3.8, 4) is 22.4 Å². The molecule has 0 spiro atoms. The smallest absolute Gasteiger partial charge is 0.319 e. The number of carbonyl (C=O) groups is 1. The van der Waals surface area contributed by atoms with Crippen LogP contribution in [0.5, 0.6) is 0 Å². The maximum Gasteiger partial charge on any atom is 0.319 e. The van der Waals surface area contributed by atoms with Gasteiger partial charge < -0.3 is 10.6 Å². The number of nitrogens with zero attached hydrogens (tertiary/aromatic N) is 3. The lowest BCUT2D eigenvalue weighted by atomic mass is 10.0. The van der Waals surface area contributed by atoms with Gasteiger partial charge >= 0.3 is 6.03 Å². The second kappa shape index (κ2) is 8.81. The maximum atomic E-state index is 12.5. The minimum Gasteiger partial charge on any atom is -0.335 e. The normalized spacial score (nSPS) is 14.1. The summed E-state index contributed by atoms with van der Waals surface area (Å²) in [6.07, 6.45) is 7.72. The van der Waals surface area contributed by atoms with Crippen molar-refractivity contribution < 1.29 is 4.79 Å². The van der Waals surface area contributed by atoms with Crippen LogP contribution in [0.15, 0.2) is 60.9 Å². The standard InChI is InChI=1S/C24H21Cl2N5O/c25-16-11-9-15(10-12-16)22-19(18-7-3-4-8-20(18)26)13-27-23-21(14-28-31(22)23)30-24(32)29-17-5-1-2-6-17/h3-4,7-14,17H,1-2,5-6H2,(H2,29,30,32). The number of hydrogen-bond donors (Lipinski definition) is 2. The molecule has 5 rings (SSSR count). The van der Waals surface area contributed by atoms with Crippen LogP contribution in [0, 0.1) is 0 Å². The third-order valence-electron chi connectivity index (χ3n) is 5.75. The van der Waals surface area contributed by atoms with Crippen LogP contribution in [0.25, 0.3) is 28.0 Å². The van der Waals surface area contributed by atoms with Gasteiger partial charge in [-0.3, -0.25) is 0 Å². The Morgan fingerprint density at radius 2 is 1.72 bits per heavy atom. The monoisotopic (exact) mass is 465 g/mol. The van der Waals surface area contributed by atoms with Gasteiger partial charge in [-0.2, -0.15) is 5.10 Å². The molecule has 2 N–H and O–H groups in total. The molecular formula is C24H21Cl2N5O. The number of halogens is 2. The van der Waals surface area contributed by atoms with E-state index in [4.69, 9.17) is 23.2 Å². The van der Waals surface area contributed by atoms with E-state index < -0.39 is 0 Å². The van der Waals surface area contributed by atoms with E-state index in [0.29, 0.717) is 21.4 Å². The molecule has 0 radical (unpaired) electrons. The van der Waals surface area contributed by atoms with Gasteiger partial charge in [-0.25, -0.2) is 14.3 Å². The van der Waals surface area contributed by atoms with Crippen LogP contribution in [-0.2, 0) is 0 Å². The van der Waals surface area contributed by atoms with E-state index in [0.717, 1.165) is 48.1 Å². The summed E-state index contributed by atoms with van der Waals surface area (Å²) in [6.45, 7) is 0. The quantitative estimate of drug-likeness (QED) is 0.364. The molecule has 0 aliphatic heterocycles. The molecule has 2 aromatic carbocycles. The highest BCUT2D eigenvalue weighted by Crippen LogP contribution is 2.37. The Balaban J connectivity index is 1.59. The Morgan fingerprint density at radius 3 is 2.47 bits per heavy atom. The molecule has 1 fully saturated rings. The average molecular weight is 466 g/mol. The Hall–Kier alpha value is -3.09. The van der Waals surface area contributed by atoms with Crippen molar-refractivity contribution in [2.45, 2.75) is 31.7 Å². The number of rotatable bonds is 4. The van der Waals surface area contributed by atoms with Gasteiger partial charge in [0.05, 0.1) is 11.9 Å². The SMILES string of the molecule is O=C(Nc1cnn2c(-c3ccc(Cl)cc3)c(-c3ccccc3Cl)cnc12)NC1CCCC1. The molecular weight excluding hydrogens is 445 g/mol. The van der Waals surface area contributed by atoms with Crippen molar-refractivity contribution in [2.24, 2.45) is 0 Å². The van der Waals surface area contributed by atoms with Crippen LogP contribution in [-0.4, -0.2) is 26.7 Å². The van der Waals surface area contributed by atoms with Crippen molar-refractivity contribution in [2.75, 3.05) is 5.32 Å². The predicted octanol–water partition coefficient (Wildman–Crippen LogP) is 6.43. The highest BCUT2D eigenvalue weighted by Gasteiger charge is 2.21. The number of benzene rings is 2. The van der Waals surface area contributed by atoms with E-state index in [1.54, 1.807) is 16.9 Å². The van der Waals surface area contributed by atoms with Crippen molar-refractivity contribution in [3.63, 3.8) is 0 Å². The van der Waals surface area contributed by atoms with Gasteiger partial charge in [0, 0.05) is 39.0 Å². The van der Waals surface area contributed by atoms with Gasteiger partial charge in [0.15, 0.2) is 5.65 Å². The fourth-order valence-corrected chi connectivity index (χ4v) is 4.56. The molecule has 4 aromatic rings. The molecule has 6 nitrogen and oxygen atoms in total. The van der Waals surface area contributed by atoms with Crippen LogP contribution >= 0.6 is 23.2 Å². The summed E-state index contributed by atoms with van der Waals surface area (Å²) in [7, 11) is 0. The van der Waals surface area contributed by atoms with Crippen molar-refractivity contribution in [1.82, 2.24) is 19.9 Å². The summed E-state index contributed by atoms with van der Waals surface area (Å²) in [5.41, 5.74) is 4.48. The number of nitrogens with one attached hydrogen (secondary N) is 2. The maximum absolute atomic E-state index is 12.5. The Kier molecular flexibility index (Phi) is 5.72. The first-order valence-electron chi connectivity index (χ1n) is 10.6. The summed E-state index contributed by atoms with van der Waals surface area (Å²) in [4.78, 5) is 17.1. The first-order chi connectivity index (χ1) is 15.6. The first-order valence-corrected chi connectivity index (χ1v) is 11.3. The second-order valence-corrected chi connectivity index (χ2v) is 8.72. The molecule has 1 aliphatic rings. The van der Waals surface area contributed by atoms with Gasteiger partial charge in [0.2, 0.25) is 0 Å². The lowest BCUT2D eigenvalue weighted by Crippen LogP contribution is -2.36. The van der Waals surface area contributed by atoms with E-state index in [1.807, 2.05) is 48.5 Å². The van der Waals surface area contributed by atoms with Crippen molar-refractivity contribution >= 4 is 40.6 Å².